The molecule has 0 aliphatic heterocycles. The van der Waals surface area contributed by atoms with Crippen LogP contribution in [0, 0.1) is 5.92 Å². The summed E-state index contributed by atoms with van der Waals surface area (Å²) in [6.07, 6.45) is 1.10. The molecule has 3 heteroatoms. The fraction of sp³-hybridized carbons (Fsp3) is 0.750. The summed E-state index contributed by atoms with van der Waals surface area (Å²) in [5, 5.41) is 3.29. The number of nitrogens with zero attached hydrogens (tertiary/aromatic N) is 1. The van der Waals surface area contributed by atoms with Gasteiger partial charge in [-0.05, 0) is 5.92 Å². The van der Waals surface area contributed by atoms with Crippen molar-refractivity contribution < 1.29 is 0 Å². The molecule has 0 aliphatic carbocycles. The Hall–Kier alpha value is -0.410. The summed E-state index contributed by atoms with van der Waals surface area (Å²) >= 11 is 1.72. The Balaban J connectivity index is 2.85. The van der Waals surface area contributed by atoms with Crippen molar-refractivity contribution >= 4 is 11.3 Å². The summed E-state index contributed by atoms with van der Waals surface area (Å²) in [5.74, 6) is 0.500. The summed E-state index contributed by atoms with van der Waals surface area (Å²) in [6, 6.07) is 0.0855. The van der Waals surface area contributed by atoms with E-state index in [0.29, 0.717) is 5.92 Å². The Morgan fingerprint density at radius 1 is 1.47 bits per heavy atom. The van der Waals surface area contributed by atoms with Crippen molar-refractivity contribution in [3.05, 3.63) is 16.1 Å². The van der Waals surface area contributed by atoms with Gasteiger partial charge in [0, 0.05) is 10.8 Å². The van der Waals surface area contributed by atoms with E-state index >= 15 is 0 Å². The molecule has 0 spiro atoms. The second-order valence-electron chi connectivity index (χ2n) is 5.24. The van der Waals surface area contributed by atoms with Crippen LogP contribution >= 0.6 is 11.3 Å². The number of rotatable bonds is 3. The predicted molar refractivity (Wildman–Crippen MR) is 67.2 cm³/mol. The van der Waals surface area contributed by atoms with Crippen LogP contribution < -0.4 is 5.73 Å². The van der Waals surface area contributed by atoms with Gasteiger partial charge in [-0.2, -0.15) is 0 Å². The Bertz CT molecular complexity index is 312. The average molecular weight is 226 g/mol. The van der Waals surface area contributed by atoms with Crippen molar-refractivity contribution in [3.63, 3.8) is 0 Å². The van der Waals surface area contributed by atoms with Gasteiger partial charge in [-0.15, -0.1) is 11.3 Å². The third kappa shape index (κ3) is 3.02. The Labute approximate surface area is 96.9 Å². The highest BCUT2D eigenvalue weighted by Gasteiger charge is 2.21. The van der Waals surface area contributed by atoms with E-state index in [1.165, 1.54) is 5.01 Å². The van der Waals surface area contributed by atoms with Gasteiger partial charge in [0.2, 0.25) is 0 Å². The molecular weight excluding hydrogens is 204 g/mol. The highest BCUT2D eigenvalue weighted by molar-refractivity contribution is 7.09. The molecule has 2 atom stereocenters. The Morgan fingerprint density at radius 2 is 2.07 bits per heavy atom. The van der Waals surface area contributed by atoms with E-state index in [-0.39, 0.29) is 11.5 Å². The molecule has 15 heavy (non-hydrogen) atoms. The SMILES string of the molecule is CCC(C)C(N)c1csc(C(C)(C)C)n1. The number of nitrogens with two attached hydrogens (primary N) is 1. The van der Waals surface area contributed by atoms with Crippen LogP contribution in [0.1, 0.15) is 57.8 Å². The molecule has 1 aromatic heterocycles. The second kappa shape index (κ2) is 4.62. The quantitative estimate of drug-likeness (QED) is 0.857. The van der Waals surface area contributed by atoms with Crippen molar-refractivity contribution in [3.8, 4) is 0 Å². The summed E-state index contributed by atoms with van der Waals surface area (Å²) in [4.78, 5) is 4.64. The van der Waals surface area contributed by atoms with E-state index in [2.05, 4.69) is 45.0 Å². The molecule has 2 nitrogen and oxygen atoms in total. The lowest BCUT2D eigenvalue weighted by atomic mass is 9.96. The zero-order chi connectivity index (χ0) is 11.6. The van der Waals surface area contributed by atoms with Crippen molar-refractivity contribution in [2.24, 2.45) is 11.7 Å². The van der Waals surface area contributed by atoms with Crippen LogP contribution in [0.15, 0.2) is 5.38 Å². The second-order valence-corrected chi connectivity index (χ2v) is 6.10. The first-order valence-electron chi connectivity index (χ1n) is 5.57. The first kappa shape index (κ1) is 12.7. The number of aromatic nitrogens is 1. The molecule has 0 saturated heterocycles. The standard InChI is InChI=1S/C12H22N2S/c1-6-8(2)10(13)9-7-15-11(14-9)12(3,4)5/h7-8,10H,6,13H2,1-5H3. The van der Waals surface area contributed by atoms with Crippen molar-refractivity contribution in [2.75, 3.05) is 0 Å². The summed E-state index contributed by atoms with van der Waals surface area (Å²) in [7, 11) is 0. The molecule has 0 amide bonds. The first-order chi connectivity index (χ1) is 6.86. The van der Waals surface area contributed by atoms with Crippen molar-refractivity contribution in [2.45, 2.75) is 52.5 Å². The van der Waals surface area contributed by atoms with Crippen LogP contribution in [0.4, 0.5) is 0 Å². The van der Waals surface area contributed by atoms with Crippen LogP contribution in [0.2, 0.25) is 0 Å². The largest absolute Gasteiger partial charge is 0.322 e. The summed E-state index contributed by atoms with van der Waals surface area (Å²) in [6.45, 7) is 10.9. The van der Waals surface area contributed by atoms with Crippen molar-refractivity contribution in [1.29, 1.82) is 0 Å². The maximum absolute atomic E-state index is 6.15. The summed E-state index contributed by atoms with van der Waals surface area (Å²) in [5.41, 5.74) is 7.34. The van der Waals surface area contributed by atoms with Gasteiger partial charge < -0.3 is 5.73 Å². The van der Waals surface area contributed by atoms with Gasteiger partial charge in [-0.1, -0.05) is 41.0 Å². The van der Waals surface area contributed by atoms with E-state index in [0.717, 1.165) is 12.1 Å². The summed E-state index contributed by atoms with van der Waals surface area (Å²) < 4.78 is 0. The van der Waals surface area contributed by atoms with E-state index in [4.69, 9.17) is 5.73 Å². The molecular formula is C12H22N2S. The molecule has 1 heterocycles. The lowest BCUT2D eigenvalue weighted by Gasteiger charge is -2.17. The zero-order valence-corrected chi connectivity index (χ0v) is 11.2. The van der Waals surface area contributed by atoms with Crippen LogP contribution in [-0.4, -0.2) is 4.98 Å². The highest BCUT2D eigenvalue weighted by atomic mass is 32.1. The lowest BCUT2D eigenvalue weighted by Crippen LogP contribution is -2.19. The lowest BCUT2D eigenvalue weighted by molar-refractivity contribution is 0.447. The molecule has 2 N–H and O–H groups in total. The number of hydrogen-bond acceptors (Lipinski definition) is 3. The first-order valence-corrected chi connectivity index (χ1v) is 6.45. The molecule has 0 aliphatic rings. The van der Waals surface area contributed by atoms with E-state index in [1.54, 1.807) is 11.3 Å². The molecule has 0 bridgehead atoms. The van der Waals surface area contributed by atoms with Gasteiger partial charge in [0.25, 0.3) is 0 Å². The molecule has 0 fully saturated rings. The molecule has 0 saturated carbocycles. The minimum absolute atomic E-state index is 0.0855. The fourth-order valence-corrected chi connectivity index (χ4v) is 2.28. The topological polar surface area (TPSA) is 38.9 Å². The number of thiazole rings is 1. The Morgan fingerprint density at radius 3 is 2.47 bits per heavy atom. The van der Waals surface area contributed by atoms with Gasteiger partial charge in [0.1, 0.15) is 0 Å². The molecule has 86 valence electrons. The average Bonchev–Trinajstić information content (AvgIpc) is 2.63. The maximum Gasteiger partial charge on any atom is 0.0982 e. The maximum atomic E-state index is 6.15. The van der Waals surface area contributed by atoms with Crippen LogP contribution in [0.5, 0.6) is 0 Å². The van der Waals surface area contributed by atoms with Gasteiger partial charge in [-0.3, -0.25) is 0 Å². The predicted octanol–water partition coefficient (Wildman–Crippen LogP) is 3.49. The van der Waals surface area contributed by atoms with Crippen LogP contribution in [0.25, 0.3) is 0 Å². The van der Waals surface area contributed by atoms with Crippen molar-refractivity contribution in [1.82, 2.24) is 4.98 Å². The van der Waals surface area contributed by atoms with E-state index in [1.807, 2.05) is 0 Å². The smallest absolute Gasteiger partial charge is 0.0982 e. The molecule has 0 aromatic carbocycles. The molecule has 2 unspecified atom stereocenters. The zero-order valence-electron chi connectivity index (χ0n) is 10.4. The highest BCUT2D eigenvalue weighted by Crippen LogP contribution is 2.29. The van der Waals surface area contributed by atoms with E-state index in [9.17, 15) is 0 Å². The fourth-order valence-electron chi connectivity index (χ4n) is 1.33. The number of hydrogen-bond donors (Lipinski definition) is 1. The minimum Gasteiger partial charge on any atom is -0.322 e. The van der Waals surface area contributed by atoms with Crippen LogP contribution in [0.3, 0.4) is 0 Å². The van der Waals surface area contributed by atoms with Gasteiger partial charge in [0.15, 0.2) is 0 Å². The third-order valence-corrected chi connectivity index (χ3v) is 4.05. The Kier molecular flexibility index (Phi) is 3.90. The van der Waals surface area contributed by atoms with Gasteiger partial charge >= 0.3 is 0 Å². The molecule has 0 radical (unpaired) electrons. The normalized spacial score (nSPS) is 16.4. The van der Waals surface area contributed by atoms with Gasteiger partial charge in [-0.25, -0.2) is 4.98 Å². The van der Waals surface area contributed by atoms with Crippen LogP contribution in [-0.2, 0) is 5.41 Å². The molecule has 1 rings (SSSR count). The van der Waals surface area contributed by atoms with Gasteiger partial charge in [0.05, 0.1) is 16.7 Å². The van der Waals surface area contributed by atoms with E-state index < -0.39 is 0 Å². The minimum atomic E-state index is 0.0855. The third-order valence-electron chi connectivity index (χ3n) is 2.76. The monoisotopic (exact) mass is 226 g/mol. The molecule has 1 aromatic rings.